The predicted octanol–water partition coefficient (Wildman–Crippen LogP) is 3.60. The molecule has 0 aliphatic carbocycles. The lowest BCUT2D eigenvalue weighted by molar-refractivity contribution is -0.353. The normalized spacial score (nSPS) is 54.1. The summed E-state index contributed by atoms with van der Waals surface area (Å²) < 4.78 is 30.7. The van der Waals surface area contributed by atoms with Crippen molar-refractivity contribution in [1.29, 1.82) is 0 Å². The smallest absolute Gasteiger partial charge is 0.161 e. The molecule has 5 nitrogen and oxygen atoms in total. The highest BCUT2D eigenvalue weighted by molar-refractivity contribution is 4.91. The van der Waals surface area contributed by atoms with Crippen LogP contribution in [0.2, 0.25) is 0 Å². The average molecular weight is 357 g/mol. The molecule has 0 N–H and O–H groups in total. The molecular formula is C20H36O5. The molecule has 11 atom stereocenters. The first-order chi connectivity index (χ1) is 11.8. The van der Waals surface area contributed by atoms with Crippen LogP contribution in [0.4, 0.5) is 0 Å². The fourth-order valence-electron chi connectivity index (χ4n) is 4.49. The Balaban J connectivity index is 1.71. The summed E-state index contributed by atoms with van der Waals surface area (Å²) in [5.41, 5.74) is 0. The lowest BCUT2D eigenvalue weighted by Gasteiger charge is -2.50. The Morgan fingerprint density at radius 2 is 1.56 bits per heavy atom. The van der Waals surface area contributed by atoms with E-state index in [4.69, 9.17) is 23.7 Å². The third-order valence-corrected chi connectivity index (χ3v) is 6.83. The van der Waals surface area contributed by atoms with Gasteiger partial charge in [-0.3, -0.25) is 0 Å². The van der Waals surface area contributed by atoms with Crippen LogP contribution in [0.1, 0.15) is 54.9 Å². The lowest BCUT2D eigenvalue weighted by Crippen LogP contribution is -2.59. The van der Waals surface area contributed by atoms with Gasteiger partial charge < -0.3 is 23.7 Å². The van der Waals surface area contributed by atoms with Crippen LogP contribution < -0.4 is 0 Å². The molecule has 5 unspecified atom stereocenters. The monoisotopic (exact) mass is 356 g/mol. The summed E-state index contributed by atoms with van der Waals surface area (Å²) in [4.78, 5) is 0. The number of hydrogen-bond acceptors (Lipinski definition) is 5. The van der Waals surface area contributed by atoms with Crippen molar-refractivity contribution < 1.29 is 23.7 Å². The molecule has 0 spiro atoms. The van der Waals surface area contributed by atoms with Gasteiger partial charge in [-0.2, -0.15) is 0 Å². The van der Waals surface area contributed by atoms with E-state index in [0.29, 0.717) is 24.4 Å². The fraction of sp³-hybridized carbons (Fsp3) is 1.00. The Bertz CT molecular complexity index is 440. The zero-order valence-corrected chi connectivity index (χ0v) is 16.8. The van der Waals surface area contributed by atoms with Gasteiger partial charge in [-0.05, 0) is 38.0 Å². The Morgan fingerprint density at radius 1 is 0.840 bits per heavy atom. The van der Waals surface area contributed by atoms with E-state index in [1.54, 1.807) is 0 Å². The van der Waals surface area contributed by atoms with Crippen molar-refractivity contribution in [2.24, 2.45) is 23.7 Å². The quantitative estimate of drug-likeness (QED) is 0.773. The number of ether oxygens (including phenoxy) is 5. The van der Waals surface area contributed by atoms with Gasteiger partial charge in [-0.1, -0.05) is 34.6 Å². The molecule has 0 aromatic rings. The standard InChI is InChI=1S/C20H36O5/c1-8-16-18(11(3)10(2)14(6)22-16)25-20-13(5)12(4)19-17(24-20)9-21-15(7)23-19/h10-20H,8-9H2,1-7H3/t10?,11-,12-,13?,14+,15?,16?,17?,18+,19+,20-/m1/s1. The van der Waals surface area contributed by atoms with Gasteiger partial charge in [0.05, 0.1) is 31.0 Å². The van der Waals surface area contributed by atoms with Gasteiger partial charge in [0.1, 0.15) is 6.10 Å². The molecule has 0 radical (unpaired) electrons. The first-order valence-corrected chi connectivity index (χ1v) is 10.1. The minimum Gasteiger partial charge on any atom is -0.372 e. The molecule has 0 aromatic carbocycles. The van der Waals surface area contributed by atoms with Gasteiger partial charge in [0.15, 0.2) is 12.6 Å². The van der Waals surface area contributed by atoms with Crippen LogP contribution in [-0.2, 0) is 23.7 Å². The van der Waals surface area contributed by atoms with Gasteiger partial charge >= 0.3 is 0 Å². The van der Waals surface area contributed by atoms with Crippen molar-refractivity contribution in [3.8, 4) is 0 Å². The van der Waals surface area contributed by atoms with Crippen LogP contribution in [0, 0.1) is 23.7 Å². The van der Waals surface area contributed by atoms with Crippen LogP contribution in [0.5, 0.6) is 0 Å². The zero-order chi connectivity index (χ0) is 18.3. The summed E-state index contributed by atoms with van der Waals surface area (Å²) >= 11 is 0. The molecule has 3 rings (SSSR count). The highest BCUT2D eigenvalue weighted by Crippen LogP contribution is 2.40. The second kappa shape index (κ2) is 7.81. The van der Waals surface area contributed by atoms with Crippen LogP contribution in [0.25, 0.3) is 0 Å². The molecule has 0 bridgehead atoms. The van der Waals surface area contributed by atoms with Crippen molar-refractivity contribution in [2.45, 2.75) is 98.0 Å². The van der Waals surface area contributed by atoms with Crippen LogP contribution in [0.3, 0.4) is 0 Å². The lowest BCUT2D eigenvalue weighted by atomic mass is 9.80. The highest BCUT2D eigenvalue weighted by Gasteiger charge is 2.48. The number of rotatable bonds is 3. The molecule has 3 fully saturated rings. The number of hydrogen-bond donors (Lipinski definition) is 0. The third-order valence-electron chi connectivity index (χ3n) is 6.83. The molecule has 3 aliphatic rings. The molecular weight excluding hydrogens is 320 g/mol. The van der Waals surface area contributed by atoms with Crippen molar-refractivity contribution in [1.82, 2.24) is 0 Å². The van der Waals surface area contributed by atoms with Crippen molar-refractivity contribution in [3.63, 3.8) is 0 Å². The summed E-state index contributed by atoms with van der Waals surface area (Å²) in [6, 6.07) is 0. The van der Waals surface area contributed by atoms with E-state index < -0.39 is 0 Å². The largest absolute Gasteiger partial charge is 0.372 e. The summed E-state index contributed by atoms with van der Waals surface area (Å²) in [6.07, 6.45) is 1.06. The van der Waals surface area contributed by atoms with Gasteiger partial charge in [0.25, 0.3) is 0 Å². The molecule has 0 saturated carbocycles. The Morgan fingerprint density at radius 3 is 2.24 bits per heavy atom. The maximum absolute atomic E-state index is 6.57. The second-order valence-electron chi connectivity index (χ2n) is 8.37. The van der Waals surface area contributed by atoms with Gasteiger partial charge in [0, 0.05) is 5.92 Å². The Labute approximate surface area is 152 Å². The second-order valence-corrected chi connectivity index (χ2v) is 8.37. The van der Waals surface area contributed by atoms with E-state index in [-0.39, 0.29) is 49.0 Å². The molecule has 25 heavy (non-hydrogen) atoms. The summed E-state index contributed by atoms with van der Waals surface area (Å²) in [5.74, 6) is 1.55. The van der Waals surface area contributed by atoms with Crippen LogP contribution in [0.15, 0.2) is 0 Å². The predicted molar refractivity (Wildman–Crippen MR) is 95.1 cm³/mol. The van der Waals surface area contributed by atoms with Crippen molar-refractivity contribution in [2.75, 3.05) is 6.61 Å². The Kier molecular flexibility index (Phi) is 6.11. The SMILES string of the molecule is CCC1O[C@@H](C)C(C)[C@@H](C)[C@@H]1O[C@H]1OC2COC(C)O[C@H]2[C@H](C)C1C. The molecule has 146 valence electrons. The van der Waals surface area contributed by atoms with Gasteiger partial charge in [0.2, 0.25) is 0 Å². The maximum atomic E-state index is 6.57. The number of fused-ring (bicyclic) bond motifs is 1. The molecule has 3 saturated heterocycles. The van der Waals surface area contributed by atoms with E-state index in [1.807, 2.05) is 6.92 Å². The molecule has 5 heteroatoms. The summed E-state index contributed by atoms with van der Waals surface area (Å²) in [6.45, 7) is 15.8. The summed E-state index contributed by atoms with van der Waals surface area (Å²) in [5, 5.41) is 0. The van der Waals surface area contributed by atoms with E-state index in [9.17, 15) is 0 Å². The van der Waals surface area contributed by atoms with E-state index >= 15 is 0 Å². The van der Waals surface area contributed by atoms with Gasteiger partial charge in [-0.15, -0.1) is 0 Å². The average Bonchev–Trinajstić information content (AvgIpc) is 2.60. The zero-order valence-electron chi connectivity index (χ0n) is 16.8. The van der Waals surface area contributed by atoms with E-state index in [1.165, 1.54) is 0 Å². The van der Waals surface area contributed by atoms with Crippen LogP contribution in [-0.4, -0.2) is 49.7 Å². The van der Waals surface area contributed by atoms with Crippen LogP contribution >= 0.6 is 0 Å². The van der Waals surface area contributed by atoms with Gasteiger partial charge in [-0.25, -0.2) is 0 Å². The summed E-state index contributed by atoms with van der Waals surface area (Å²) in [7, 11) is 0. The molecule has 0 amide bonds. The molecule has 3 aliphatic heterocycles. The van der Waals surface area contributed by atoms with Crippen molar-refractivity contribution in [3.05, 3.63) is 0 Å². The maximum Gasteiger partial charge on any atom is 0.161 e. The molecule has 0 aromatic heterocycles. The first kappa shape index (κ1) is 19.6. The van der Waals surface area contributed by atoms with E-state index in [2.05, 4.69) is 41.5 Å². The Hall–Kier alpha value is -0.200. The molecule has 3 heterocycles. The first-order valence-electron chi connectivity index (χ1n) is 10.1. The minimum absolute atomic E-state index is 0.0522. The van der Waals surface area contributed by atoms with E-state index in [0.717, 1.165) is 6.42 Å². The van der Waals surface area contributed by atoms with Crippen molar-refractivity contribution >= 4 is 0 Å². The topological polar surface area (TPSA) is 46.2 Å². The third kappa shape index (κ3) is 3.77. The minimum atomic E-state index is -0.234. The fourth-order valence-corrected chi connectivity index (χ4v) is 4.49. The highest BCUT2D eigenvalue weighted by atomic mass is 16.7.